The van der Waals surface area contributed by atoms with Crippen molar-refractivity contribution in [1.29, 1.82) is 0 Å². The molecular weight excluding hydrogens is 132 g/mol. The van der Waals surface area contributed by atoms with Crippen LogP contribution in [0.15, 0.2) is 22.8 Å². The lowest BCUT2D eigenvalue weighted by Gasteiger charge is -2.07. The molecule has 0 rings (SSSR count). The van der Waals surface area contributed by atoms with Gasteiger partial charge >= 0.3 is 0 Å². The first-order valence-corrected chi connectivity index (χ1v) is 4.49. The predicted molar refractivity (Wildman–Crippen MR) is 52.7 cm³/mol. The Bertz CT molecular complexity index is 164. The standard InChI is InChI=1S/C11H20/c1-6-9(4)10(5)11(7-2)8-3/h6H,7-8H2,1-5H3. The number of hydrogen-bond donors (Lipinski definition) is 0. The van der Waals surface area contributed by atoms with Gasteiger partial charge < -0.3 is 0 Å². The van der Waals surface area contributed by atoms with E-state index >= 15 is 0 Å². The first-order valence-electron chi connectivity index (χ1n) is 4.49. The van der Waals surface area contributed by atoms with Crippen LogP contribution in [0.25, 0.3) is 0 Å². The summed E-state index contributed by atoms with van der Waals surface area (Å²) < 4.78 is 0. The van der Waals surface area contributed by atoms with E-state index in [-0.39, 0.29) is 0 Å². The molecule has 0 radical (unpaired) electrons. The van der Waals surface area contributed by atoms with Gasteiger partial charge in [0.25, 0.3) is 0 Å². The molecule has 0 amide bonds. The lowest BCUT2D eigenvalue weighted by Crippen LogP contribution is -1.87. The molecule has 0 aromatic rings. The van der Waals surface area contributed by atoms with Crippen LogP contribution in [-0.2, 0) is 0 Å². The Balaban J connectivity index is 4.61. The second-order valence-corrected chi connectivity index (χ2v) is 2.91. The quantitative estimate of drug-likeness (QED) is 0.534. The summed E-state index contributed by atoms with van der Waals surface area (Å²) in [7, 11) is 0. The molecular formula is C11H20. The van der Waals surface area contributed by atoms with Gasteiger partial charge in [-0.3, -0.25) is 0 Å². The molecule has 11 heavy (non-hydrogen) atoms. The van der Waals surface area contributed by atoms with E-state index in [0.29, 0.717) is 0 Å². The van der Waals surface area contributed by atoms with Gasteiger partial charge in [-0.05, 0) is 39.2 Å². The highest BCUT2D eigenvalue weighted by Gasteiger charge is 1.98. The Kier molecular flexibility index (Phi) is 4.93. The van der Waals surface area contributed by atoms with Crippen LogP contribution in [0, 0.1) is 0 Å². The zero-order valence-corrected chi connectivity index (χ0v) is 8.49. The van der Waals surface area contributed by atoms with Crippen LogP contribution in [0.1, 0.15) is 47.5 Å². The van der Waals surface area contributed by atoms with Crippen molar-refractivity contribution in [3.63, 3.8) is 0 Å². The van der Waals surface area contributed by atoms with Crippen molar-refractivity contribution in [2.45, 2.75) is 47.5 Å². The summed E-state index contributed by atoms with van der Waals surface area (Å²) in [4.78, 5) is 0. The fraction of sp³-hybridized carbons (Fsp3) is 0.636. The Morgan fingerprint density at radius 3 is 1.82 bits per heavy atom. The van der Waals surface area contributed by atoms with Crippen molar-refractivity contribution in [2.24, 2.45) is 0 Å². The highest BCUT2D eigenvalue weighted by Crippen LogP contribution is 2.18. The van der Waals surface area contributed by atoms with Gasteiger partial charge in [-0.25, -0.2) is 0 Å². The van der Waals surface area contributed by atoms with Crippen LogP contribution in [0.3, 0.4) is 0 Å². The molecule has 0 aliphatic carbocycles. The maximum absolute atomic E-state index is 2.23. The van der Waals surface area contributed by atoms with Crippen molar-refractivity contribution in [1.82, 2.24) is 0 Å². The van der Waals surface area contributed by atoms with Gasteiger partial charge in [-0.15, -0.1) is 0 Å². The molecule has 0 aromatic carbocycles. The summed E-state index contributed by atoms with van der Waals surface area (Å²) in [6, 6.07) is 0. The summed E-state index contributed by atoms with van der Waals surface area (Å²) >= 11 is 0. The molecule has 64 valence electrons. The maximum Gasteiger partial charge on any atom is -0.0343 e. The fourth-order valence-electron chi connectivity index (χ4n) is 1.28. The van der Waals surface area contributed by atoms with Crippen LogP contribution in [0.2, 0.25) is 0 Å². The Labute approximate surface area is 71.0 Å². The van der Waals surface area contributed by atoms with Gasteiger partial charge in [-0.2, -0.15) is 0 Å². The maximum atomic E-state index is 2.23. The third kappa shape index (κ3) is 2.92. The number of rotatable bonds is 3. The molecule has 0 nitrogen and oxygen atoms in total. The average molecular weight is 152 g/mol. The largest absolute Gasteiger partial charge is 0.0845 e. The topological polar surface area (TPSA) is 0 Å². The van der Waals surface area contributed by atoms with Crippen molar-refractivity contribution in [2.75, 3.05) is 0 Å². The first kappa shape index (κ1) is 10.5. The molecule has 0 bridgehead atoms. The zero-order chi connectivity index (χ0) is 8.85. The fourth-order valence-corrected chi connectivity index (χ4v) is 1.28. The highest BCUT2D eigenvalue weighted by atomic mass is 14.0. The van der Waals surface area contributed by atoms with E-state index in [1.807, 2.05) is 0 Å². The molecule has 0 atom stereocenters. The smallest absolute Gasteiger partial charge is 0.0343 e. The summed E-state index contributed by atoms with van der Waals surface area (Å²) in [6.45, 7) is 11.0. The SMILES string of the molecule is CC=C(C)C(C)=C(CC)CC. The molecule has 0 aliphatic rings. The zero-order valence-electron chi connectivity index (χ0n) is 8.49. The molecule has 0 aliphatic heterocycles. The minimum absolute atomic E-state index is 1.19. The van der Waals surface area contributed by atoms with E-state index in [4.69, 9.17) is 0 Å². The van der Waals surface area contributed by atoms with Gasteiger partial charge in [0, 0.05) is 0 Å². The normalized spacial score (nSPS) is 11.5. The minimum Gasteiger partial charge on any atom is -0.0845 e. The molecule has 0 heterocycles. The van der Waals surface area contributed by atoms with Gasteiger partial charge in [0.2, 0.25) is 0 Å². The molecule has 0 N–H and O–H groups in total. The minimum atomic E-state index is 1.19. The van der Waals surface area contributed by atoms with Crippen LogP contribution >= 0.6 is 0 Å². The first-order chi connectivity index (χ1) is 5.17. The van der Waals surface area contributed by atoms with Gasteiger partial charge in [0.15, 0.2) is 0 Å². The Morgan fingerprint density at radius 2 is 1.55 bits per heavy atom. The van der Waals surface area contributed by atoms with E-state index in [1.165, 1.54) is 24.0 Å². The average Bonchev–Trinajstić information content (AvgIpc) is 2.05. The third-order valence-electron chi connectivity index (χ3n) is 2.41. The lowest BCUT2D eigenvalue weighted by molar-refractivity contribution is 0.948. The summed E-state index contributed by atoms with van der Waals surface area (Å²) in [6.07, 6.45) is 4.56. The molecule has 0 spiro atoms. The second-order valence-electron chi connectivity index (χ2n) is 2.91. The van der Waals surface area contributed by atoms with Crippen LogP contribution in [0.4, 0.5) is 0 Å². The second kappa shape index (κ2) is 5.17. The number of allylic oxidation sites excluding steroid dienone is 4. The summed E-state index contributed by atoms with van der Waals surface area (Å²) in [5.41, 5.74) is 4.49. The van der Waals surface area contributed by atoms with E-state index < -0.39 is 0 Å². The summed E-state index contributed by atoms with van der Waals surface area (Å²) in [5.74, 6) is 0. The monoisotopic (exact) mass is 152 g/mol. The molecule has 0 fully saturated rings. The Morgan fingerprint density at radius 1 is 1.09 bits per heavy atom. The van der Waals surface area contributed by atoms with Gasteiger partial charge in [0.1, 0.15) is 0 Å². The van der Waals surface area contributed by atoms with E-state index in [2.05, 4.69) is 40.7 Å². The van der Waals surface area contributed by atoms with Gasteiger partial charge in [0.05, 0.1) is 0 Å². The van der Waals surface area contributed by atoms with Crippen LogP contribution in [-0.4, -0.2) is 0 Å². The highest BCUT2D eigenvalue weighted by molar-refractivity contribution is 5.31. The predicted octanol–water partition coefficient (Wildman–Crippen LogP) is 4.09. The number of hydrogen-bond acceptors (Lipinski definition) is 0. The summed E-state index contributed by atoms with van der Waals surface area (Å²) in [5, 5.41) is 0. The third-order valence-corrected chi connectivity index (χ3v) is 2.41. The van der Waals surface area contributed by atoms with Crippen LogP contribution in [0.5, 0.6) is 0 Å². The van der Waals surface area contributed by atoms with Crippen molar-refractivity contribution >= 4 is 0 Å². The molecule has 0 aromatic heterocycles. The molecule has 0 saturated heterocycles. The van der Waals surface area contributed by atoms with Crippen molar-refractivity contribution in [3.05, 3.63) is 22.8 Å². The Hall–Kier alpha value is -0.520. The molecule has 0 heteroatoms. The van der Waals surface area contributed by atoms with Crippen molar-refractivity contribution < 1.29 is 0 Å². The van der Waals surface area contributed by atoms with E-state index in [0.717, 1.165) is 0 Å². The van der Waals surface area contributed by atoms with E-state index in [9.17, 15) is 0 Å². The van der Waals surface area contributed by atoms with Crippen molar-refractivity contribution in [3.8, 4) is 0 Å². The van der Waals surface area contributed by atoms with E-state index in [1.54, 1.807) is 5.57 Å². The molecule has 0 saturated carbocycles. The van der Waals surface area contributed by atoms with Crippen LogP contribution < -0.4 is 0 Å². The molecule has 0 unspecified atom stereocenters. The lowest BCUT2D eigenvalue weighted by atomic mass is 9.99. The van der Waals surface area contributed by atoms with Gasteiger partial charge in [-0.1, -0.05) is 31.1 Å².